The molecule has 0 saturated carbocycles. The van der Waals surface area contributed by atoms with Crippen molar-refractivity contribution in [3.63, 3.8) is 0 Å². The zero-order chi connectivity index (χ0) is 55.6. The molecule has 3 heterocycles. The molecule has 10 rings (SSSR count). The highest BCUT2D eigenvalue weighted by Crippen LogP contribution is 2.38. The summed E-state index contributed by atoms with van der Waals surface area (Å²) in [6.45, 7) is 5.14. The summed E-state index contributed by atoms with van der Waals surface area (Å²) in [6.07, 6.45) is -15.3. The van der Waals surface area contributed by atoms with Gasteiger partial charge in [0.2, 0.25) is 0 Å². The molecule has 0 unspecified atom stereocenters. The molecule has 0 spiro atoms. The quantitative estimate of drug-likeness (QED) is 0.0529. The van der Waals surface area contributed by atoms with Gasteiger partial charge in [0.1, 0.15) is 61.0 Å². The highest BCUT2D eigenvalue weighted by Gasteiger charge is 2.56. The summed E-state index contributed by atoms with van der Waals surface area (Å²) in [6, 6.07) is 68.6. The fourth-order valence-electron chi connectivity index (χ4n) is 10.5. The van der Waals surface area contributed by atoms with Gasteiger partial charge in [-0.3, -0.25) is 0 Å². The van der Waals surface area contributed by atoms with Crippen LogP contribution in [0.3, 0.4) is 0 Å². The molecular weight excluding hydrogens is 1030 g/mol. The highest BCUT2D eigenvalue weighted by atomic mass is 16.8. The predicted octanol–water partition coefficient (Wildman–Crippen LogP) is 10.1. The molecule has 0 amide bonds. The first-order valence-corrected chi connectivity index (χ1v) is 28.0. The summed E-state index contributed by atoms with van der Waals surface area (Å²) in [5.74, 6) is 0. The summed E-state index contributed by atoms with van der Waals surface area (Å²) >= 11 is 0. The van der Waals surface area contributed by atoms with Crippen LogP contribution in [0.15, 0.2) is 212 Å². The van der Waals surface area contributed by atoms with Crippen molar-refractivity contribution in [2.45, 2.75) is 152 Å². The third kappa shape index (κ3) is 16.2. The van der Waals surface area contributed by atoms with Crippen LogP contribution >= 0.6 is 0 Å². The molecule has 15 atom stereocenters. The van der Waals surface area contributed by atoms with Crippen molar-refractivity contribution >= 4 is 0 Å². The number of rotatable bonds is 26. The Kier molecular flexibility index (Phi) is 21.4. The molecule has 7 aromatic rings. The first kappa shape index (κ1) is 58.2. The van der Waals surface area contributed by atoms with Crippen LogP contribution in [0.25, 0.3) is 0 Å². The SMILES string of the molecule is C[C@@H]1O[C@@H](O[C@@H]2[C@@H](OCc3ccccc3)[C@H](O)O[C@H](COCc3ccccc3)[C@@H]2OCc2ccccc2)[C@H](OCc2ccccc2)[C@H](O[C@@H]2O[C@@H](C)[C@H](OCc3ccccc3)[C@@H](OCc3ccccc3)[C@H]2O)[C@H]1OCc1ccccc1. The smallest absolute Gasteiger partial charge is 0.187 e. The summed E-state index contributed by atoms with van der Waals surface area (Å²) in [7, 11) is 0. The van der Waals surface area contributed by atoms with E-state index in [1.165, 1.54) is 0 Å². The highest BCUT2D eigenvalue weighted by molar-refractivity contribution is 5.19. The molecular formula is C67H74O14. The van der Waals surface area contributed by atoms with Crippen molar-refractivity contribution in [2.75, 3.05) is 6.61 Å². The zero-order valence-electron chi connectivity index (χ0n) is 45.8. The van der Waals surface area contributed by atoms with Gasteiger partial charge in [-0.15, -0.1) is 0 Å². The lowest BCUT2D eigenvalue weighted by molar-refractivity contribution is -0.389. The van der Waals surface area contributed by atoms with Crippen LogP contribution in [-0.2, 0) is 103 Å². The van der Waals surface area contributed by atoms with E-state index in [0.717, 1.165) is 38.9 Å². The van der Waals surface area contributed by atoms with E-state index in [0.29, 0.717) is 0 Å². The first-order valence-electron chi connectivity index (χ1n) is 28.0. The van der Waals surface area contributed by atoms with Gasteiger partial charge in [0.05, 0.1) is 65.1 Å². The van der Waals surface area contributed by atoms with E-state index < -0.39 is 92.1 Å². The molecule has 14 heteroatoms. The van der Waals surface area contributed by atoms with E-state index in [1.807, 2.05) is 226 Å². The van der Waals surface area contributed by atoms with Gasteiger partial charge in [0.25, 0.3) is 0 Å². The van der Waals surface area contributed by atoms with Crippen LogP contribution in [-0.4, -0.2) is 109 Å². The summed E-state index contributed by atoms with van der Waals surface area (Å²) < 4.78 is 82.0. The van der Waals surface area contributed by atoms with Crippen molar-refractivity contribution in [2.24, 2.45) is 0 Å². The molecule has 0 aromatic heterocycles. The Morgan fingerprint density at radius 3 is 1.01 bits per heavy atom. The molecule has 3 aliphatic heterocycles. The molecule has 7 aromatic carbocycles. The van der Waals surface area contributed by atoms with E-state index in [9.17, 15) is 10.2 Å². The lowest BCUT2D eigenvalue weighted by atomic mass is 9.95. The molecule has 3 aliphatic rings. The Labute approximate surface area is 475 Å². The number of hydrogen-bond acceptors (Lipinski definition) is 14. The topological polar surface area (TPSA) is 151 Å². The Bertz CT molecular complexity index is 2840. The Morgan fingerprint density at radius 1 is 0.309 bits per heavy atom. The fourth-order valence-corrected chi connectivity index (χ4v) is 10.5. The monoisotopic (exact) mass is 1100 g/mol. The van der Waals surface area contributed by atoms with Crippen LogP contribution in [0.4, 0.5) is 0 Å². The van der Waals surface area contributed by atoms with E-state index in [-0.39, 0.29) is 52.9 Å². The molecule has 426 valence electrons. The van der Waals surface area contributed by atoms with Crippen LogP contribution in [0.1, 0.15) is 52.8 Å². The van der Waals surface area contributed by atoms with Crippen LogP contribution in [0.5, 0.6) is 0 Å². The van der Waals surface area contributed by atoms with Gasteiger partial charge in [-0.2, -0.15) is 0 Å². The maximum absolute atomic E-state index is 12.7. The Hall–Kier alpha value is -6.02. The zero-order valence-corrected chi connectivity index (χ0v) is 45.8. The maximum atomic E-state index is 12.7. The van der Waals surface area contributed by atoms with Crippen molar-refractivity contribution in [1.29, 1.82) is 0 Å². The van der Waals surface area contributed by atoms with Crippen LogP contribution < -0.4 is 0 Å². The van der Waals surface area contributed by atoms with Gasteiger partial charge >= 0.3 is 0 Å². The average molecular weight is 1100 g/mol. The number of aliphatic hydroxyl groups excluding tert-OH is 2. The average Bonchev–Trinajstić information content (AvgIpc) is 3.56. The summed E-state index contributed by atoms with van der Waals surface area (Å²) in [5, 5.41) is 24.9. The normalized spacial score (nSPS) is 28.6. The second-order valence-electron chi connectivity index (χ2n) is 20.7. The second-order valence-corrected chi connectivity index (χ2v) is 20.7. The number of benzene rings is 7. The minimum Gasteiger partial charge on any atom is -0.385 e. The third-order valence-corrected chi connectivity index (χ3v) is 14.8. The molecule has 0 bridgehead atoms. The van der Waals surface area contributed by atoms with E-state index in [4.69, 9.17) is 56.8 Å². The van der Waals surface area contributed by atoms with Gasteiger partial charge in [-0.1, -0.05) is 212 Å². The van der Waals surface area contributed by atoms with Crippen molar-refractivity contribution in [1.82, 2.24) is 0 Å². The van der Waals surface area contributed by atoms with E-state index in [2.05, 4.69) is 0 Å². The Morgan fingerprint density at radius 2 is 0.605 bits per heavy atom. The van der Waals surface area contributed by atoms with Crippen molar-refractivity contribution in [3.8, 4) is 0 Å². The molecule has 0 aliphatic carbocycles. The van der Waals surface area contributed by atoms with Gasteiger partial charge in [0.15, 0.2) is 18.9 Å². The number of ether oxygens (including phenoxy) is 12. The largest absolute Gasteiger partial charge is 0.385 e. The number of hydrogen-bond donors (Lipinski definition) is 2. The number of aliphatic hydroxyl groups is 2. The van der Waals surface area contributed by atoms with Crippen molar-refractivity contribution < 1.29 is 67.1 Å². The van der Waals surface area contributed by atoms with E-state index >= 15 is 0 Å². The first-order chi connectivity index (χ1) is 39.8. The van der Waals surface area contributed by atoms with Crippen LogP contribution in [0.2, 0.25) is 0 Å². The minimum atomic E-state index is -1.50. The molecule has 81 heavy (non-hydrogen) atoms. The Balaban J connectivity index is 1.01. The second kappa shape index (κ2) is 29.8. The van der Waals surface area contributed by atoms with Gasteiger partial charge in [0, 0.05) is 0 Å². The molecule has 2 N–H and O–H groups in total. The lowest BCUT2D eigenvalue weighted by Gasteiger charge is -2.51. The fraction of sp³-hybridized carbons (Fsp3) is 0.373. The van der Waals surface area contributed by atoms with Gasteiger partial charge in [-0.25, -0.2) is 0 Å². The van der Waals surface area contributed by atoms with Crippen molar-refractivity contribution in [3.05, 3.63) is 251 Å². The maximum Gasteiger partial charge on any atom is 0.187 e. The van der Waals surface area contributed by atoms with E-state index in [1.54, 1.807) is 0 Å². The summed E-state index contributed by atoms with van der Waals surface area (Å²) in [4.78, 5) is 0. The summed E-state index contributed by atoms with van der Waals surface area (Å²) in [5.41, 5.74) is 6.42. The lowest BCUT2D eigenvalue weighted by Crippen LogP contribution is -2.67. The van der Waals surface area contributed by atoms with Gasteiger partial charge < -0.3 is 67.1 Å². The third-order valence-electron chi connectivity index (χ3n) is 14.8. The standard InChI is InChI=1S/C67H74O14/c1-46-57(71-39-49-26-12-4-13-27-49)60(74-42-52-32-18-7-19-33-52)56(68)66(77-46)80-61-58(72-40-50-28-14-5-15-29-50)47(2)78-67(64(61)76-44-54-36-22-9-23-37-54)81-62-59(73-41-51-30-16-6-17-31-51)55(45-70-38-48-24-10-3-11-25-48)79-65(69)63(62)75-43-53-34-20-8-21-35-53/h3-37,46-47,55-69H,38-45H2,1-2H3/t46-,47-,55+,56+,57-,58-,59-,60-,61+,62-,63+,64+,65+,66-,67-/m0/s1. The molecule has 3 saturated heterocycles. The minimum absolute atomic E-state index is 0.0341. The molecule has 0 radical (unpaired) electrons. The predicted molar refractivity (Wildman–Crippen MR) is 302 cm³/mol. The molecule has 14 nitrogen and oxygen atoms in total. The van der Waals surface area contributed by atoms with Crippen LogP contribution in [0, 0.1) is 0 Å². The molecule has 3 fully saturated rings. The van der Waals surface area contributed by atoms with Gasteiger partial charge in [-0.05, 0) is 52.8 Å².